The minimum atomic E-state index is -0.298. The first-order valence-corrected chi connectivity index (χ1v) is 4.85. The molecule has 0 atom stereocenters. The van der Waals surface area contributed by atoms with Gasteiger partial charge in [-0.1, -0.05) is 0 Å². The fraction of sp³-hybridized carbons (Fsp3) is 0.182. The highest BCUT2D eigenvalue weighted by Crippen LogP contribution is 2.25. The molecule has 16 heavy (non-hydrogen) atoms. The fourth-order valence-electron chi connectivity index (χ4n) is 1.39. The van der Waals surface area contributed by atoms with Crippen LogP contribution in [-0.4, -0.2) is 17.3 Å². The number of hydrogen-bond acceptors (Lipinski definition) is 3. The van der Waals surface area contributed by atoms with Crippen LogP contribution in [0.15, 0.2) is 30.5 Å². The molecule has 0 amide bonds. The maximum Gasteiger partial charge on any atom is 0.142 e. The zero-order valence-electron chi connectivity index (χ0n) is 8.83. The number of nitrogens with zero attached hydrogens (tertiary/aromatic N) is 1. The van der Waals surface area contributed by atoms with Gasteiger partial charge in [0.15, 0.2) is 0 Å². The number of nitrogens with one attached hydrogen (secondary N) is 2. The molecule has 0 spiro atoms. The lowest BCUT2D eigenvalue weighted by molar-refractivity contribution is 0.415. The molecule has 0 bridgehead atoms. The molecule has 2 rings (SSSR count). The van der Waals surface area contributed by atoms with Crippen molar-refractivity contribution in [2.24, 2.45) is 0 Å². The van der Waals surface area contributed by atoms with E-state index in [1.807, 2.05) is 6.07 Å². The van der Waals surface area contributed by atoms with Crippen molar-refractivity contribution in [1.82, 2.24) is 10.2 Å². The summed E-state index contributed by atoms with van der Waals surface area (Å²) in [7, 11) is 1.55. The van der Waals surface area contributed by atoms with E-state index in [0.717, 1.165) is 5.69 Å². The minimum Gasteiger partial charge on any atom is -0.495 e. The first kappa shape index (κ1) is 10.5. The summed E-state index contributed by atoms with van der Waals surface area (Å²) in [4.78, 5) is 0. The van der Waals surface area contributed by atoms with Crippen molar-refractivity contribution >= 4 is 5.69 Å². The third-order valence-corrected chi connectivity index (χ3v) is 2.19. The molecule has 0 saturated carbocycles. The number of anilines is 1. The van der Waals surface area contributed by atoms with Gasteiger partial charge in [0.05, 0.1) is 25.0 Å². The lowest BCUT2D eigenvalue weighted by Gasteiger charge is -2.10. The summed E-state index contributed by atoms with van der Waals surface area (Å²) in [6.45, 7) is 0.541. The molecule has 84 valence electrons. The van der Waals surface area contributed by atoms with E-state index in [4.69, 9.17) is 4.74 Å². The largest absolute Gasteiger partial charge is 0.495 e. The maximum atomic E-state index is 13.0. The first-order chi connectivity index (χ1) is 7.79. The maximum absolute atomic E-state index is 13.0. The summed E-state index contributed by atoms with van der Waals surface area (Å²) < 4.78 is 18.1. The van der Waals surface area contributed by atoms with Crippen molar-refractivity contribution in [2.45, 2.75) is 6.54 Å². The van der Waals surface area contributed by atoms with E-state index in [-0.39, 0.29) is 5.82 Å². The van der Waals surface area contributed by atoms with Crippen LogP contribution in [0.4, 0.5) is 10.1 Å². The van der Waals surface area contributed by atoms with Crippen LogP contribution in [0.3, 0.4) is 0 Å². The molecule has 0 saturated heterocycles. The second-order valence-corrected chi connectivity index (χ2v) is 3.28. The standard InChI is InChI=1S/C11H12FN3O/c1-16-11-3-2-8(12)6-10(11)13-7-9-4-5-14-15-9/h2-6,13H,7H2,1H3,(H,14,15). The molecule has 0 unspecified atom stereocenters. The summed E-state index contributed by atoms with van der Waals surface area (Å²) >= 11 is 0. The number of benzene rings is 1. The third kappa shape index (κ3) is 2.31. The fourth-order valence-corrected chi connectivity index (χ4v) is 1.39. The number of rotatable bonds is 4. The van der Waals surface area contributed by atoms with Gasteiger partial charge < -0.3 is 10.1 Å². The van der Waals surface area contributed by atoms with Gasteiger partial charge in [-0.05, 0) is 18.2 Å². The normalized spacial score (nSPS) is 10.1. The summed E-state index contributed by atoms with van der Waals surface area (Å²) in [6.07, 6.45) is 1.67. The number of aromatic amines is 1. The molecule has 0 aliphatic rings. The smallest absolute Gasteiger partial charge is 0.142 e. The average Bonchev–Trinajstić information content (AvgIpc) is 2.79. The van der Waals surface area contributed by atoms with Gasteiger partial charge in [-0.3, -0.25) is 5.10 Å². The van der Waals surface area contributed by atoms with E-state index in [1.54, 1.807) is 19.4 Å². The first-order valence-electron chi connectivity index (χ1n) is 4.85. The number of methoxy groups -OCH3 is 1. The highest BCUT2D eigenvalue weighted by Gasteiger charge is 2.04. The second kappa shape index (κ2) is 4.65. The molecule has 2 aromatic rings. The van der Waals surface area contributed by atoms with E-state index in [1.165, 1.54) is 12.1 Å². The van der Waals surface area contributed by atoms with E-state index in [9.17, 15) is 4.39 Å². The van der Waals surface area contributed by atoms with Gasteiger partial charge in [0.25, 0.3) is 0 Å². The quantitative estimate of drug-likeness (QED) is 0.831. The molecule has 4 nitrogen and oxygen atoms in total. The molecule has 1 aromatic carbocycles. The average molecular weight is 221 g/mol. The van der Waals surface area contributed by atoms with Crippen LogP contribution in [0.2, 0.25) is 0 Å². The number of hydrogen-bond donors (Lipinski definition) is 2. The topological polar surface area (TPSA) is 49.9 Å². The van der Waals surface area contributed by atoms with Crippen LogP contribution < -0.4 is 10.1 Å². The van der Waals surface area contributed by atoms with Crippen LogP contribution in [0, 0.1) is 5.82 Å². The molecular formula is C11H12FN3O. The Morgan fingerprint density at radius 1 is 1.44 bits per heavy atom. The molecule has 0 aliphatic carbocycles. The van der Waals surface area contributed by atoms with Crippen LogP contribution in [-0.2, 0) is 6.54 Å². The van der Waals surface area contributed by atoms with Crippen molar-refractivity contribution in [3.63, 3.8) is 0 Å². The minimum absolute atomic E-state index is 0.298. The number of H-pyrrole nitrogens is 1. The SMILES string of the molecule is COc1ccc(F)cc1NCc1ccn[nH]1. The van der Waals surface area contributed by atoms with E-state index < -0.39 is 0 Å². The Morgan fingerprint density at radius 2 is 2.31 bits per heavy atom. The summed E-state index contributed by atoms with van der Waals surface area (Å²) in [6, 6.07) is 6.19. The number of halogens is 1. The van der Waals surface area contributed by atoms with Gasteiger partial charge in [-0.25, -0.2) is 4.39 Å². The van der Waals surface area contributed by atoms with Crippen molar-refractivity contribution < 1.29 is 9.13 Å². The van der Waals surface area contributed by atoms with Crippen molar-refractivity contribution in [2.75, 3.05) is 12.4 Å². The van der Waals surface area contributed by atoms with Gasteiger partial charge in [0.1, 0.15) is 11.6 Å². The van der Waals surface area contributed by atoms with Gasteiger partial charge in [-0.15, -0.1) is 0 Å². The van der Waals surface area contributed by atoms with E-state index in [0.29, 0.717) is 18.0 Å². The highest BCUT2D eigenvalue weighted by molar-refractivity contribution is 5.56. The summed E-state index contributed by atoms with van der Waals surface area (Å²) in [5, 5.41) is 9.71. The van der Waals surface area contributed by atoms with E-state index in [2.05, 4.69) is 15.5 Å². The predicted octanol–water partition coefficient (Wildman–Crippen LogP) is 2.17. The van der Waals surface area contributed by atoms with E-state index >= 15 is 0 Å². The third-order valence-electron chi connectivity index (χ3n) is 2.19. The Kier molecular flexibility index (Phi) is 3.05. The molecular weight excluding hydrogens is 209 g/mol. The Hall–Kier alpha value is -2.04. The van der Waals surface area contributed by atoms with Gasteiger partial charge in [0, 0.05) is 12.3 Å². The van der Waals surface area contributed by atoms with Gasteiger partial charge in [0.2, 0.25) is 0 Å². The molecule has 5 heteroatoms. The summed E-state index contributed by atoms with van der Waals surface area (Å²) in [5.41, 5.74) is 1.54. The molecule has 0 fully saturated rings. The van der Waals surface area contributed by atoms with Crippen LogP contribution in [0.25, 0.3) is 0 Å². The Balaban J connectivity index is 2.11. The number of aromatic nitrogens is 2. The lowest BCUT2D eigenvalue weighted by Crippen LogP contribution is -2.02. The van der Waals surface area contributed by atoms with Crippen LogP contribution in [0.5, 0.6) is 5.75 Å². The lowest BCUT2D eigenvalue weighted by atomic mass is 10.2. The van der Waals surface area contributed by atoms with Crippen LogP contribution in [0.1, 0.15) is 5.69 Å². The Bertz CT molecular complexity index is 456. The van der Waals surface area contributed by atoms with Crippen molar-refractivity contribution in [3.05, 3.63) is 42.0 Å². The van der Waals surface area contributed by atoms with Crippen molar-refractivity contribution in [1.29, 1.82) is 0 Å². The Morgan fingerprint density at radius 3 is 3.00 bits per heavy atom. The molecule has 1 aromatic heterocycles. The second-order valence-electron chi connectivity index (χ2n) is 3.28. The summed E-state index contributed by atoms with van der Waals surface area (Å²) in [5.74, 6) is 0.314. The molecule has 0 aliphatic heterocycles. The highest BCUT2D eigenvalue weighted by atomic mass is 19.1. The molecule has 1 heterocycles. The zero-order valence-corrected chi connectivity index (χ0v) is 8.83. The van der Waals surface area contributed by atoms with Crippen molar-refractivity contribution in [3.8, 4) is 5.75 Å². The monoisotopic (exact) mass is 221 g/mol. The predicted molar refractivity (Wildman–Crippen MR) is 58.9 cm³/mol. The zero-order chi connectivity index (χ0) is 11.4. The molecule has 0 radical (unpaired) electrons. The Labute approximate surface area is 92.4 Å². The molecule has 2 N–H and O–H groups in total. The number of ether oxygens (including phenoxy) is 1. The van der Waals surface area contributed by atoms with Crippen LogP contribution >= 0.6 is 0 Å². The van der Waals surface area contributed by atoms with Gasteiger partial charge in [-0.2, -0.15) is 5.10 Å². The van der Waals surface area contributed by atoms with Gasteiger partial charge >= 0.3 is 0 Å².